The van der Waals surface area contributed by atoms with Crippen molar-refractivity contribution in [2.45, 2.75) is 12.4 Å². The minimum Gasteiger partial charge on any atom is -0.281 e. The van der Waals surface area contributed by atoms with E-state index in [4.69, 9.17) is 23.2 Å². The SMILES string of the molecule is O=S=c1[nH]n(-c2c(Cl)cc(C(F)(F)F)cc2Cl)cc1C(F)(F)F. The van der Waals surface area contributed by atoms with Crippen molar-refractivity contribution in [2.24, 2.45) is 0 Å². The van der Waals surface area contributed by atoms with Gasteiger partial charge in [0.05, 0.1) is 21.3 Å². The van der Waals surface area contributed by atoms with Crippen LogP contribution in [0, 0.1) is 4.64 Å². The lowest BCUT2D eigenvalue weighted by Crippen LogP contribution is -2.07. The number of benzene rings is 1. The van der Waals surface area contributed by atoms with Crippen molar-refractivity contribution in [3.05, 3.63) is 44.1 Å². The van der Waals surface area contributed by atoms with E-state index in [9.17, 15) is 30.6 Å². The fourth-order valence-electron chi connectivity index (χ4n) is 1.73. The van der Waals surface area contributed by atoms with Crippen LogP contribution in [0.5, 0.6) is 0 Å². The number of H-pyrrole nitrogens is 1. The predicted molar refractivity (Wildman–Crippen MR) is 71.5 cm³/mol. The van der Waals surface area contributed by atoms with E-state index in [1.54, 1.807) is 0 Å². The van der Waals surface area contributed by atoms with Crippen molar-refractivity contribution in [3.63, 3.8) is 0 Å². The van der Waals surface area contributed by atoms with Crippen LogP contribution in [0.3, 0.4) is 0 Å². The summed E-state index contributed by atoms with van der Waals surface area (Å²) in [6.45, 7) is 0. The monoisotopic (exact) mass is 396 g/mol. The molecular weight excluding hydrogens is 393 g/mol. The van der Waals surface area contributed by atoms with Crippen molar-refractivity contribution in [3.8, 4) is 5.69 Å². The van der Waals surface area contributed by atoms with Crippen LogP contribution in [0.25, 0.3) is 5.69 Å². The van der Waals surface area contributed by atoms with Crippen LogP contribution in [0.15, 0.2) is 18.3 Å². The molecule has 0 spiro atoms. The quantitative estimate of drug-likeness (QED) is 0.540. The van der Waals surface area contributed by atoms with Crippen molar-refractivity contribution in [2.75, 3.05) is 0 Å². The minimum atomic E-state index is -4.83. The van der Waals surface area contributed by atoms with Crippen LogP contribution < -0.4 is 0 Å². The molecule has 23 heavy (non-hydrogen) atoms. The lowest BCUT2D eigenvalue weighted by atomic mass is 10.2. The van der Waals surface area contributed by atoms with Gasteiger partial charge in [0.1, 0.15) is 16.8 Å². The Balaban J connectivity index is 2.70. The van der Waals surface area contributed by atoms with Crippen molar-refractivity contribution in [1.82, 2.24) is 9.78 Å². The summed E-state index contributed by atoms with van der Waals surface area (Å²) in [6, 6.07) is 1.04. The number of rotatable bonds is 1. The number of halogens is 8. The fourth-order valence-corrected chi connectivity index (χ4v) is 2.80. The molecule has 0 fully saturated rings. The van der Waals surface area contributed by atoms with Gasteiger partial charge in [-0.15, -0.1) is 0 Å². The largest absolute Gasteiger partial charge is 0.420 e. The van der Waals surface area contributed by atoms with Gasteiger partial charge >= 0.3 is 12.4 Å². The minimum absolute atomic E-state index is 0.341. The van der Waals surface area contributed by atoms with Crippen LogP contribution in [-0.2, 0) is 23.6 Å². The van der Waals surface area contributed by atoms with E-state index in [1.807, 2.05) is 0 Å². The molecule has 0 aliphatic heterocycles. The Morgan fingerprint density at radius 3 is 1.87 bits per heavy atom. The Hall–Kier alpha value is -1.39. The summed E-state index contributed by atoms with van der Waals surface area (Å²) in [6.07, 6.45) is -9.07. The van der Waals surface area contributed by atoms with E-state index in [0.29, 0.717) is 23.0 Å². The molecule has 0 unspecified atom stereocenters. The molecule has 0 aliphatic carbocycles. The number of nitrogens with zero attached hydrogens (tertiary/aromatic N) is 1. The molecular formula is C11H4Cl2F6N2OS. The van der Waals surface area contributed by atoms with Crippen LogP contribution >= 0.6 is 23.2 Å². The van der Waals surface area contributed by atoms with Gasteiger partial charge in [0.2, 0.25) is 0 Å². The smallest absolute Gasteiger partial charge is 0.281 e. The lowest BCUT2D eigenvalue weighted by molar-refractivity contribution is -0.138. The molecule has 12 heteroatoms. The molecule has 0 aliphatic rings. The third-order valence-corrected chi connectivity index (χ3v) is 3.75. The van der Waals surface area contributed by atoms with E-state index in [0.717, 1.165) is 0 Å². The summed E-state index contributed by atoms with van der Waals surface area (Å²) in [7, 11) is 0. The Kier molecular flexibility index (Phi) is 4.62. The highest BCUT2D eigenvalue weighted by Crippen LogP contribution is 2.38. The second kappa shape index (κ2) is 5.91. The van der Waals surface area contributed by atoms with Gasteiger partial charge in [-0.2, -0.15) is 26.3 Å². The van der Waals surface area contributed by atoms with Gasteiger partial charge in [0, 0.05) is 6.20 Å². The topological polar surface area (TPSA) is 37.8 Å². The molecule has 1 heterocycles. The zero-order valence-corrected chi connectivity index (χ0v) is 12.8. The molecule has 0 bridgehead atoms. The molecule has 126 valence electrons. The van der Waals surface area contributed by atoms with Gasteiger partial charge in [-0.05, 0) is 12.1 Å². The maximum absolute atomic E-state index is 12.8. The van der Waals surface area contributed by atoms with E-state index in [2.05, 4.69) is 5.10 Å². The van der Waals surface area contributed by atoms with Crippen LogP contribution in [-0.4, -0.2) is 14.0 Å². The Morgan fingerprint density at radius 1 is 1.00 bits per heavy atom. The van der Waals surface area contributed by atoms with Gasteiger partial charge < -0.3 is 0 Å². The second-order valence-corrected chi connectivity index (χ2v) is 5.61. The number of nitrogens with one attached hydrogen (secondary N) is 1. The third kappa shape index (κ3) is 3.59. The van der Waals surface area contributed by atoms with E-state index < -0.39 is 49.4 Å². The van der Waals surface area contributed by atoms with Gasteiger partial charge in [-0.25, -0.2) is 4.21 Å². The molecule has 0 saturated heterocycles. The maximum Gasteiger partial charge on any atom is 0.420 e. The van der Waals surface area contributed by atoms with Gasteiger partial charge in [0.15, 0.2) is 4.64 Å². The van der Waals surface area contributed by atoms with E-state index in [-0.39, 0.29) is 5.69 Å². The van der Waals surface area contributed by atoms with Crippen molar-refractivity contribution in [1.29, 1.82) is 0 Å². The summed E-state index contributed by atoms with van der Waals surface area (Å²) in [5.74, 6) is 0. The molecule has 0 radical (unpaired) electrons. The number of alkyl halides is 6. The molecule has 0 amide bonds. The maximum atomic E-state index is 12.8. The molecule has 3 nitrogen and oxygen atoms in total. The summed E-state index contributed by atoms with van der Waals surface area (Å²) < 4.78 is 86.9. The molecule has 0 atom stereocenters. The number of aromatic amines is 1. The van der Waals surface area contributed by atoms with Gasteiger partial charge in [-0.1, -0.05) is 23.2 Å². The summed E-state index contributed by atoms with van der Waals surface area (Å²) in [5, 5.41) is 1.02. The van der Waals surface area contributed by atoms with Crippen LogP contribution in [0.1, 0.15) is 11.1 Å². The van der Waals surface area contributed by atoms with Crippen molar-refractivity contribution >= 4 is 34.5 Å². The summed E-state index contributed by atoms with van der Waals surface area (Å²) in [4.78, 5) is 0. The average Bonchev–Trinajstić information content (AvgIpc) is 2.80. The van der Waals surface area contributed by atoms with Crippen LogP contribution in [0.2, 0.25) is 10.0 Å². The zero-order valence-electron chi connectivity index (χ0n) is 10.5. The molecule has 1 aromatic carbocycles. The summed E-state index contributed by atoms with van der Waals surface area (Å²) >= 11 is 11.0. The van der Waals surface area contributed by atoms with Crippen molar-refractivity contribution < 1.29 is 30.6 Å². The molecule has 1 N–H and O–H groups in total. The summed E-state index contributed by atoms with van der Waals surface area (Å²) in [5.41, 5.74) is -2.78. The van der Waals surface area contributed by atoms with E-state index in [1.165, 1.54) is 0 Å². The second-order valence-electron chi connectivity index (χ2n) is 4.22. The highest BCUT2D eigenvalue weighted by Gasteiger charge is 2.35. The standard InChI is InChI=1S/C11H4Cl2F6N2OS/c12-6-1-4(10(14,15)16)2-7(13)8(6)21-3-5(11(17,18)19)9(20-21)23-22/h1-3,20H. The Morgan fingerprint density at radius 2 is 1.52 bits per heavy atom. The third-order valence-electron chi connectivity index (χ3n) is 2.70. The average molecular weight is 397 g/mol. The first kappa shape index (κ1) is 18.0. The number of aromatic nitrogens is 2. The molecule has 2 rings (SSSR count). The molecule has 0 saturated carbocycles. The first-order chi connectivity index (χ1) is 10.4. The normalized spacial score (nSPS) is 12.5. The van der Waals surface area contributed by atoms with Crippen LogP contribution in [0.4, 0.5) is 26.3 Å². The highest BCUT2D eigenvalue weighted by atomic mass is 35.5. The lowest BCUT2D eigenvalue weighted by Gasteiger charge is -2.12. The zero-order chi connectivity index (χ0) is 17.6. The van der Waals surface area contributed by atoms with Gasteiger partial charge in [0.25, 0.3) is 0 Å². The van der Waals surface area contributed by atoms with Gasteiger partial charge in [-0.3, -0.25) is 9.78 Å². The molecule has 2 aromatic rings. The number of hydrogen-bond donors (Lipinski definition) is 1. The Labute approximate surface area is 137 Å². The Bertz CT molecular complexity index is 824. The highest BCUT2D eigenvalue weighted by molar-refractivity contribution is 7.56. The first-order valence-corrected chi connectivity index (χ1v) is 7.03. The molecule has 1 aromatic heterocycles. The fraction of sp³-hybridized carbons (Fsp3) is 0.182. The van der Waals surface area contributed by atoms with E-state index >= 15 is 0 Å². The predicted octanol–water partition coefficient (Wildman–Crippen LogP) is 4.89. The number of hydrogen-bond acceptors (Lipinski definition) is 1. The first-order valence-electron chi connectivity index (χ1n) is 5.53.